The van der Waals surface area contributed by atoms with Gasteiger partial charge in [-0.25, -0.2) is 0 Å². The Morgan fingerprint density at radius 2 is 1.91 bits per heavy atom. The summed E-state index contributed by atoms with van der Waals surface area (Å²) >= 11 is 0. The maximum Gasteiger partial charge on any atom is 0.228 e. The smallest absolute Gasteiger partial charge is 0.228 e. The van der Waals surface area contributed by atoms with Crippen LogP contribution in [0.15, 0.2) is 12.4 Å². The highest BCUT2D eigenvalue weighted by molar-refractivity contribution is 5.83. The molecule has 1 saturated carbocycles. The number of hydrogen-bond acceptors (Lipinski definition) is 2. The zero-order valence-electron chi connectivity index (χ0n) is 15.1. The summed E-state index contributed by atoms with van der Waals surface area (Å²) in [6, 6.07) is 0.446. The monoisotopic (exact) mass is 317 g/mol. The first kappa shape index (κ1) is 16.5. The molecule has 0 spiro atoms. The van der Waals surface area contributed by atoms with Crippen molar-refractivity contribution >= 4 is 5.91 Å². The van der Waals surface area contributed by atoms with Gasteiger partial charge < -0.3 is 4.90 Å². The number of nitrogens with zero attached hydrogens (tertiary/aromatic N) is 3. The van der Waals surface area contributed by atoms with Crippen LogP contribution < -0.4 is 0 Å². The lowest BCUT2D eigenvalue weighted by molar-refractivity contribution is -0.147. The highest BCUT2D eigenvalue weighted by Crippen LogP contribution is 2.42. The molecule has 4 nitrogen and oxygen atoms in total. The fourth-order valence-electron chi connectivity index (χ4n) is 3.81. The lowest BCUT2D eigenvalue weighted by Gasteiger charge is -2.43. The molecule has 0 radical (unpaired) electrons. The van der Waals surface area contributed by atoms with Crippen LogP contribution in [0.5, 0.6) is 0 Å². The van der Waals surface area contributed by atoms with Crippen molar-refractivity contribution in [3.63, 3.8) is 0 Å². The van der Waals surface area contributed by atoms with E-state index >= 15 is 0 Å². The van der Waals surface area contributed by atoms with Crippen LogP contribution in [0.2, 0.25) is 0 Å². The van der Waals surface area contributed by atoms with Gasteiger partial charge in [0, 0.05) is 24.7 Å². The molecule has 1 aromatic heterocycles. The van der Waals surface area contributed by atoms with Gasteiger partial charge in [-0.15, -0.1) is 0 Å². The number of hydrogen-bond donors (Lipinski definition) is 0. The Labute approximate surface area is 140 Å². The third kappa shape index (κ3) is 3.17. The molecule has 0 bridgehead atoms. The van der Waals surface area contributed by atoms with Gasteiger partial charge in [-0.1, -0.05) is 34.1 Å². The molecule has 3 rings (SSSR count). The third-order valence-electron chi connectivity index (χ3n) is 6.25. The SMILES string of the molecule is CC(C)[C@@H](C)c1cnn(C2CCN(C(=O)C3(C)CCC3)CC2)c1. The van der Waals surface area contributed by atoms with Gasteiger partial charge in [-0.3, -0.25) is 9.48 Å². The maximum atomic E-state index is 12.6. The van der Waals surface area contributed by atoms with Crippen molar-refractivity contribution in [1.29, 1.82) is 0 Å². The van der Waals surface area contributed by atoms with Crippen molar-refractivity contribution in [2.45, 2.75) is 71.8 Å². The van der Waals surface area contributed by atoms with Gasteiger partial charge in [0.2, 0.25) is 5.91 Å². The fraction of sp³-hybridized carbons (Fsp3) is 0.789. The van der Waals surface area contributed by atoms with Gasteiger partial charge in [0.15, 0.2) is 0 Å². The van der Waals surface area contributed by atoms with Crippen LogP contribution in [0.25, 0.3) is 0 Å². The molecular weight excluding hydrogens is 286 g/mol. The highest BCUT2D eigenvalue weighted by Gasteiger charge is 2.42. The Balaban J connectivity index is 1.58. The van der Waals surface area contributed by atoms with E-state index in [0.717, 1.165) is 38.8 Å². The summed E-state index contributed by atoms with van der Waals surface area (Å²) in [6.07, 6.45) is 9.65. The summed E-state index contributed by atoms with van der Waals surface area (Å²) in [5.41, 5.74) is 1.28. The molecule has 1 aliphatic carbocycles. The van der Waals surface area contributed by atoms with Crippen LogP contribution >= 0.6 is 0 Å². The van der Waals surface area contributed by atoms with E-state index in [1.807, 2.05) is 6.20 Å². The summed E-state index contributed by atoms with van der Waals surface area (Å²) in [4.78, 5) is 14.7. The Hall–Kier alpha value is -1.32. The molecule has 1 amide bonds. The number of likely N-dealkylation sites (tertiary alicyclic amines) is 1. The minimum absolute atomic E-state index is 0.0571. The molecule has 2 fully saturated rings. The first-order valence-electron chi connectivity index (χ1n) is 9.24. The average molecular weight is 317 g/mol. The second kappa shape index (κ2) is 6.29. The molecular formula is C19H31N3O. The predicted octanol–water partition coefficient (Wildman–Crippen LogP) is 4.00. The van der Waals surface area contributed by atoms with Crippen molar-refractivity contribution in [1.82, 2.24) is 14.7 Å². The van der Waals surface area contributed by atoms with Gasteiger partial charge in [0.1, 0.15) is 0 Å². The predicted molar refractivity (Wildman–Crippen MR) is 92.3 cm³/mol. The molecule has 0 unspecified atom stereocenters. The number of carbonyl (C=O) groups is 1. The van der Waals surface area contributed by atoms with E-state index in [1.165, 1.54) is 12.0 Å². The first-order valence-corrected chi connectivity index (χ1v) is 9.24. The Kier molecular flexibility index (Phi) is 4.52. The average Bonchev–Trinajstić information content (AvgIpc) is 3.01. The van der Waals surface area contributed by atoms with E-state index < -0.39 is 0 Å². The Bertz CT molecular complexity index is 551. The highest BCUT2D eigenvalue weighted by atomic mass is 16.2. The lowest BCUT2D eigenvalue weighted by atomic mass is 9.69. The zero-order chi connectivity index (χ0) is 16.6. The Morgan fingerprint density at radius 3 is 2.43 bits per heavy atom. The molecule has 2 heterocycles. The molecule has 4 heteroatoms. The summed E-state index contributed by atoms with van der Waals surface area (Å²) in [7, 11) is 0. The maximum absolute atomic E-state index is 12.6. The summed E-state index contributed by atoms with van der Waals surface area (Å²) < 4.78 is 2.14. The summed E-state index contributed by atoms with van der Waals surface area (Å²) in [6.45, 7) is 10.7. The molecule has 2 aliphatic rings. The van der Waals surface area contributed by atoms with Crippen molar-refractivity contribution in [2.75, 3.05) is 13.1 Å². The topological polar surface area (TPSA) is 38.1 Å². The van der Waals surface area contributed by atoms with E-state index in [2.05, 4.69) is 48.6 Å². The lowest BCUT2D eigenvalue weighted by Crippen LogP contribution is -2.49. The van der Waals surface area contributed by atoms with E-state index in [4.69, 9.17) is 0 Å². The van der Waals surface area contributed by atoms with Crippen LogP contribution in [0.1, 0.15) is 77.3 Å². The number of piperidine rings is 1. The van der Waals surface area contributed by atoms with Crippen molar-refractivity contribution in [3.05, 3.63) is 18.0 Å². The molecule has 1 aromatic rings. The number of amides is 1. The van der Waals surface area contributed by atoms with Crippen LogP contribution in [-0.2, 0) is 4.79 Å². The summed E-state index contributed by atoms with van der Waals surface area (Å²) in [5, 5.41) is 4.60. The molecule has 23 heavy (non-hydrogen) atoms. The molecule has 128 valence electrons. The number of aromatic nitrogens is 2. The van der Waals surface area contributed by atoms with Crippen LogP contribution in [0.4, 0.5) is 0 Å². The van der Waals surface area contributed by atoms with Gasteiger partial charge in [0.25, 0.3) is 0 Å². The standard InChI is InChI=1S/C19H31N3O/c1-14(2)15(3)16-12-20-22(13-16)17-6-10-21(11-7-17)18(23)19(4)8-5-9-19/h12-15,17H,5-11H2,1-4H3/t15-/m1/s1. The summed E-state index contributed by atoms with van der Waals surface area (Å²) in [5.74, 6) is 1.57. The molecule has 0 N–H and O–H groups in total. The van der Waals surface area contributed by atoms with Gasteiger partial charge >= 0.3 is 0 Å². The van der Waals surface area contributed by atoms with Crippen LogP contribution in [-0.4, -0.2) is 33.7 Å². The first-order chi connectivity index (χ1) is 10.9. The van der Waals surface area contributed by atoms with Crippen molar-refractivity contribution < 1.29 is 4.79 Å². The van der Waals surface area contributed by atoms with Crippen molar-refractivity contribution in [3.8, 4) is 0 Å². The zero-order valence-corrected chi connectivity index (χ0v) is 15.1. The molecule has 1 saturated heterocycles. The minimum Gasteiger partial charge on any atom is -0.342 e. The normalized spacial score (nSPS) is 22.9. The minimum atomic E-state index is -0.0571. The van der Waals surface area contributed by atoms with Crippen LogP contribution in [0, 0.1) is 11.3 Å². The number of rotatable bonds is 4. The molecule has 1 atom stereocenters. The van der Waals surface area contributed by atoms with Crippen LogP contribution in [0.3, 0.4) is 0 Å². The fourth-order valence-corrected chi connectivity index (χ4v) is 3.81. The van der Waals surface area contributed by atoms with E-state index in [1.54, 1.807) is 0 Å². The second-order valence-corrected chi connectivity index (χ2v) is 8.22. The van der Waals surface area contributed by atoms with Gasteiger partial charge in [-0.05, 0) is 43.1 Å². The largest absolute Gasteiger partial charge is 0.342 e. The van der Waals surface area contributed by atoms with Gasteiger partial charge in [-0.2, -0.15) is 5.10 Å². The van der Waals surface area contributed by atoms with E-state index in [9.17, 15) is 4.79 Å². The number of carbonyl (C=O) groups excluding carboxylic acids is 1. The Morgan fingerprint density at radius 1 is 1.26 bits per heavy atom. The van der Waals surface area contributed by atoms with Gasteiger partial charge in [0.05, 0.1) is 12.2 Å². The van der Waals surface area contributed by atoms with E-state index in [-0.39, 0.29) is 5.41 Å². The van der Waals surface area contributed by atoms with Crippen molar-refractivity contribution in [2.24, 2.45) is 11.3 Å². The van der Waals surface area contributed by atoms with E-state index in [0.29, 0.717) is 23.8 Å². The quantitative estimate of drug-likeness (QED) is 0.842. The second-order valence-electron chi connectivity index (χ2n) is 8.22. The third-order valence-corrected chi connectivity index (χ3v) is 6.25. The molecule has 1 aliphatic heterocycles. The molecule has 0 aromatic carbocycles.